The van der Waals surface area contributed by atoms with Crippen molar-refractivity contribution in [3.8, 4) is 6.07 Å². The predicted molar refractivity (Wildman–Crippen MR) is 96.6 cm³/mol. The van der Waals surface area contributed by atoms with Crippen LogP contribution in [0, 0.1) is 11.3 Å². The van der Waals surface area contributed by atoms with Gasteiger partial charge < -0.3 is 10.1 Å². The molecule has 2 aromatic rings. The molecule has 0 atom stereocenters. The molecule has 1 aromatic carbocycles. The third kappa shape index (κ3) is 3.94. The van der Waals surface area contributed by atoms with Gasteiger partial charge in [0.25, 0.3) is 5.91 Å². The van der Waals surface area contributed by atoms with Crippen molar-refractivity contribution >= 4 is 34.4 Å². The van der Waals surface area contributed by atoms with Gasteiger partial charge in [0.1, 0.15) is 10.7 Å². The van der Waals surface area contributed by atoms with Gasteiger partial charge in [0.15, 0.2) is 6.61 Å². The fourth-order valence-electron chi connectivity index (χ4n) is 3.24. The first-order valence-corrected chi connectivity index (χ1v) is 8.85. The molecule has 0 saturated heterocycles. The maximum Gasteiger partial charge on any atom is 0.339 e. The number of esters is 1. The van der Waals surface area contributed by atoms with Gasteiger partial charge in [0.2, 0.25) is 0 Å². The van der Waals surface area contributed by atoms with E-state index in [0.29, 0.717) is 23.7 Å². The second-order valence-corrected chi connectivity index (χ2v) is 6.78. The zero-order valence-corrected chi connectivity index (χ0v) is 14.9. The second-order valence-electron chi connectivity index (χ2n) is 6.39. The molecule has 0 radical (unpaired) electrons. The van der Waals surface area contributed by atoms with E-state index in [4.69, 9.17) is 16.3 Å². The van der Waals surface area contributed by atoms with Gasteiger partial charge in [-0.3, -0.25) is 4.79 Å². The summed E-state index contributed by atoms with van der Waals surface area (Å²) in [4.78, 5) is 28.7. The largest absolute Gasteiger partial charge is 0.452 e. The van der Waals surface area contributed by atoms with Crippen LogP contribution in [0.3, 0.4) is 0 Å². The van der Waals surface area contributed by atoms with E-state index in [1.807, 2.05) is 0 Å². The fourth-order valence-corrected chi connectivity index (χ4v) is 3.44. The molecule has 26 heavy (non-hydrogen) atoms. The first kappa shape index (κ1) is 18.2. The summed E-state index contributed by atoms with van der Waals surface area (Å²) in [5, 5.41) is 12.9. The molecule has 1 saturated carbocycles. The van der Waals surface area contributed by atoms with Crippen molar-refractivity contribution < 1.29 is 14.3 Å². The SMILES string of the molecule is N#CC1(NC(=O)COC(=O)c2cc(Cl)nc3ccccc23)CCCCC1. The molecule has 1 aliphatic carbocycles. The van der Waals surface area contributed by atoms with Crippen molar-refractivity contribution in [2.24, 2.45) is 0 Å². The van der Waals surface area contributed by atoms with Gasteiger partial charge in [-0.15, -0.1) is 0 Å². The summed E-state index contributed by atoms with van der Waals surface area (Å²) in [5.74, 6) is -1.14. The van der Waals surface area contributed by atoms with Crippen LogP contribution in [0.2, 0.25) is 5.15 Å². The van der Waals surface area contributed by atoms with Crippen LogP contribution in [0.25, 0.3) is 10.9 Å². The summed E-state index contributed by atoms with van der Waals surface area (Å²) in [5.41, 5.74) is -0.0304. The number of hydrogen-bond donors (Lipinski definition) is 1. The molecular weight excluding hydrogens is 354 g/mol. The summed E-state index contributed by atoms with van der Waals surface area (Å²) in [6.07, 6.45) is 4.09. The zero-order chi connectivity index (χ0) is 18.6. The van der Waals surface area contributed by atoms with E-state index < -0.39 is 24.0 Å². The Morgan fingerprint density at radius 1 is 1.27 bits per heavy atom. The molecule has 1 N–H and O–H groups in total. The van der Waals surface area contributed by atoms with E-state index >= 15 is 0 Å². The van der Waals surface area contributed by atoms with Crippen LogP contribution < -0.4 is 5.32 Å². The molecule has 3 rings (SSSR count). The maximum absolute atomic E-state index is 12.4. The van der Waals surface area contributed by atoms with Crippen molar-refractivity contribution in [2.75, 3.05) is 6.61 Å². The Labute approximate surface area is 156 Å². The Balaban J connectivity index is 1.68. The molecule has 0 spiro atoms. The summed E-state index contributed by atoms with van der Waals surface area (Å²) >= 11 is 5.96. The minimum atomic E-state index is -0.853. The molecule has 1 fully saturated rings. The number of ether oxygens (including phenoxy) is 1. The second kappa shape index (κ2) is 7.71. The molecule has 1 amide bonds. The van der Waals surface area contributed by atoms with Crippen LogP contribution >= 0.6 is 11.6 Å². The van der Waals surface area contributed by atoms with Gasteiger partial charge in [-0.05, 0) is 25.0 Å². The Hall–Kier alpha value is -2.65. The zero-order valence-electron chi connectivity index (χ0n) is 14.1. The molecule has 1 aromatic heterocycles. The molecule has 1 aliphatic rings. The number of nitriles is 1. The van der Waals surface area contributed by atoms with E-state index in [-0.39, 0.29) is 10.7 Å². The molecule has 0 aliphatic heterocycles. The van der Waals surface area contributed by atoms with Crippen molar-refractivity contribution in [1.29, 1.82) is 5.26 Å². The summed E-state index contributed by atoms with van der Waals surface area (Å²) < 4.78 is 5.14. The number of hydrogen-bond acceptors (Lipinski definition) is 5. The number of benzene rings is 1. The number of aromatic nitrogens is 1. The normalized spacial score (nSPS) is 15.8. The Morgan fingerprint density at radius 3 is 2.73 bits per heavy atom. The van der Waals surface area contributed by atoms with Crippen LogP contribution in [-0.2, 0) is 9.53 Å². The number of amides is 1. The lowest BCUT2D eigenvalue weighted by atomic mass is 9.83. The number of carbonyl (C=O) groups is 2. The Kier molecular flexibility index (Phi) is 5.38. The van der Waals surface area contributed by atoms with Crippen molar-refractivity contribution in [2.45, 2.75) is 37.6 Å². The topological polar surface area (TPSA) is 92.1 Å². The first-order chi connectivity index (χ1) is 12.5. The first-order valence-electron chi connectivity index (χ1n) is 8.48. The lowest BCUT2D eigenvalue weighted by molar-refractivity contribution is -0.125. The highest BCUT2D eigenvalue weighted by Crippen LogP contribution is 2.27. The Morgan fingerprint density at radius 2 is 2.00 bits per heavy atom. The van der Waals surface area contributed by atoms with Gasteiger partial charge in [0, 0.05) is 5.39 Å². The number of halogens is 1. The van der Waals surface area contributed by atoms with E-state index in [0.717, 1.165) is 19.3 Å². The van der Waals surface area contributed by atoms with Crippen molar-refractivity contribution in [3.05, 3.63) is 41.0 Å². The number of nitrogens with zero attached hydrogens (tertiary/aromatic N) is 2. The van der Waals surface area contributed by atoms with E-state index in [1.54, 1.807) is 24.3 Å². The van der Waals surface area contributed by atoms with Crippen LogP contribution in [0.1, 0.15) is 42.5 Å². The minimum Gasteiger partial charge on any atom is -0.452 e. The third-order valence-corrected chi connectivity index (χ3v) is 4.73. The molecule has 6 nitrogen and oxygen atoms in total. The molecular formula is C19H18ClN3O3. The summed E-state index contributed by atoms with van der Waals surface area (Å²) in [7, 11) is 0. The summed E-state index contributed by atoms with van der Waals surface area (Å²) in [6, 6.07) is 10.7. The standard InChI is InChI=1S/C19H18ClN3O3/c20-16-10-14(13-6-2-3-7-15(13)22-16)18(25)26-11-17(24)23-19(12-21)8-4-1-5-9-19/h2-3,6-7,10H,1,4-5,8-9,11H2,(H,23,24). The van der Waals surface area contributed by atoms with Crippen LogP contribution in [0.5, 0.6) is 0 Å². The molecule has 134 valence electrons. The number of para-hydroxylation sites is 1. The smallest absolute Gasteiger partial charge is 0.339 e. The maximum atomic E-state index is 12.4. The number of nitrogens with one attached hydrogen (secondary N) is 1. The Bertz CT molecular complexity index is 885. The molecule has 7 heteroatoms. The van der Waals surface area contributed by atoms with Gasteiger partial charge in [-0.1, -0.05) is 49.1 Å². The highest BCUT2D eigenvalue weighted by Gasteiger charge is 2.33. The highest BCUT2D eigenvalue weighted by molar-refractivity contribution is 6.30. The van der Waals surface area contributed by atoms with Crippen LogP contribution in [0.15, 0.2) is 30.3 Å². The van der Waals surface area contributed by atoms with Crippen LogP contribution in [-0.4, -0.2) is 29.0 Å². The minimum absolute atomic E-state index is 0.172. The fraction of sp³-hybridized carbons (Fsp3) is 0.368. The highest BCUT2D eigenvalue weighted by atomic mass is 35.5. The van der Waals surface area contributed by atoms with Crippen LogP contribution in [0.4, 0.5) is 0 Å². The quantitative estimate of drug-likeness (QED) is 0.657. The van der Waals surface area contributed by atoms with Gasteiger partial charge in [-0.2, -0.15) is 5.26 Å². The van der Waals surface area contributed by atoms with E-state index in [2.05, 4.69) is 16.4 Å². The number of pyridine rings is 1. The van der Waals surface area contributed by atoms with E-state index in [1.165, 1.54) is 6.07 Å². The molecule has 1 heterocycles. The van der Waals surface area contributed by atoms with Crippen molar-refractivity contribution in [1.82, 2.24) is 10.3 Å². The van der Waals surface area contributed by atoms with Gasteiger partial charge >= 0.3 is 5.97 Å². The average molecular weight is 372 g/mol. The lowest BCUT2D eigenvalue weighted by Gasteiger charge is -2.31. The summed E-state index contributed by atoms with van der Waals surface area (Å²) in [6.45, 7) is -0.448. The number of rotatable bonds is 4. The number of fused-ring (bicyclic) bond motifs is 1. The molecule has 0 bridgehead atoms. The van der Waals surface area contributed by atoms with E-state index in [9.17, 15) is 14.9 Å². The molecule has 0 unspecified atom stereocenters. The monoisotopic (exact) mass is 371 g/mol. The van der Waals surface area contributed by atoms with Crippen molar-refractivity contribution in [3.63, 3.8) is 0 Å². The lowest BCUT2D eigenvalue weighted by Crippen LogP contribution is -2.50. The van der Waals surface area contributed by atoms with Gasteiger partial charge in [-0.25, -0.2) is 9.78 Å². The average Bonchev–Trinajstić information content (AvgIpc) is 2.66. The van der Waals surface area contributed by atoms with Gasteiger partial charge in [0.05, 0.1) is 17.1 Å². The predicted octanol–water partition coefficient (Wildman–Crippen LogP) is 3.39. The number of carbonyl (C=O) groups excluding carboxylic acids is 2. The third-order valence-electron chi connectivity index (χ3n) is 4.54.